The molecule has 16 heavy (non-hydrogen) atoms. The summed E-state index contributed by atoms with van der Waals surface area (Å²) in [5, 5.41) is 3.77. The van der Waals surface area contributed by atoms with Crippen LogP contribution in [0.4, 0.5) is 5.82 Å². The van der Waals surface area contributed by atoms with Gasteiger partial charge in [0, 0.05) is 25.9 Å². The molecule has 0 spiro atoms. The lowest BCUT2D eigenvalue weighted by atomic mass is 10.1. The molecule has 0 atom stereocenters. The third-order valence-corrected chi connectivity index (χ3v) is 2.29. The molecule has 0 amide bonds. The van der Waals surface area contributed by atoms with E-state index in [2.05, 4.69) is 10.1 Å². The maximum atomic E-state index is 5.78. The summed E-state index contributed by atoms with van der Waals surface area (Å²) in [7, 11) is 1.64. The maximum Gasteiger partial charge on any atom is 0.175 e. The van der Waals surface area contributed by atoms with Gasteiger partial charge in [-0.2, -0.15) is 0 Å². The SMILES string of the molecule is COCCc1onc(N)c1-c1ccncc1. The van der Waals surface area contributed by atoms with E-state index in [-0.39, 0.29) is 0 Å². The molecule has 2 N–H and O–H groups in total. The summed E-state index contributed by atoms with van der Waals surface area (Å²) in [5.41, 5.74) is 7.57. The van der Waals surface area contributed by atoms with Crippen LogP contribution in [0.5, 0.6) is 0 Å². The van der Waals surface area contributed by atoms with Crippen LogP contribution in [-0.2, 0) is 11.2 Å². The minimum atomic E-state index is 0.400. The van der Waals surface area contributed by atoms with E-state index < -0.39 is 0 Å². The van der Waals surface area contributed by atoms with Crippen molar-refractivity contribution in [1.82, 2.24) is 10.1 Å². The first-order valence-electron chi connectivity index (χ1n) is 4.96. The van der Waals surface area contributed by atoms with Crippen molar-refractivity contribution < 1.29 is 9.26 Å². The van der Waals surface area contributed by atoms with Gasteiger partial charge in [0.25, 0.3) is 0 Å². The largest absolute Gasteiger partial charge is 0.384 e. The molecule has 84 valence electrons. The number of hydrogen-bond donors (Lipinski definition) is 1. The van der Waals surface area contributed by atoms with Crippen LogP contribution >= 0.6 is 0 Å². The maximum absolute atomic E-state index is 5.78. The van der Waals surface area contributed by atoms with Crippen LogP contribution in [0.1, 0.15) is 5.76 Å². The highest BCUT2D eigenvalue weighted by Gasteiger charge is 2.15. The predicted molar refractivity (Wildman–Crippen MR) is 59.7 cm³/mol. The smallest absolute Gasteiger partial charge is 0.175 e. The molecule has 5 heteroatoms. The van der Waals surface area contributed by atoms with Gasteiger partial charge in [0.15, 0.2) is 5.82 Å². The van der Waals surface area contributed by atoms with Gasteiger partial charge in [0.1, 0.15) is 5.76 Å². The Bertz CT molecular complexity index is 454. The first kappa shape index (κ1) is 10.6. The molecule has 0 aliphatic rings. The predicted octanol–water partition coefficient (Wildman–Crippen LogP) is 1.51. The molecule has 0 saturated heterocycles. The van der Waals surface area contributed by atoms with Crippen molar-refractivity contribution in [2.75, 3.05) is 19.5 Å². The Kier molecular flexibility index (Phi) is 3.16. The first-order valence-corrected chi connectivity index (χ1v) is 4.96. The zero-order valence-corrected chi connectivity index (χ0v) is 9.01. The molecule has 0 aliphatic heterocycles. The number of methoxy groups -OCH3 is 1. The van der Waals surface area contributed by atoms with E-state index in [1.54, 1.807) is 19.5 Å². The van der Waals surface area contributed by atoms with Gasteiger partial charge >= 0.3 is 0 Å². The highest BCUT2D eigenvalue weighted by Crippen LogP contribution is 2.29. The average Bonchev–Trinajstić information content (AvgIpc) is 2.69. The van der Waals surface area contributed by atoms with Crippen LogP contribution in [0.3, 0.4) is 0 Å². The zero-order chi connectivity index (χ0) is 11.4. The van der Waals surface area contributed by atoms with Gasteiger partial charge in [-0.05, 0) is 17.7 Å². The lowest BCUT2D eigenvalue weighted by Gasteiger charge is -2.01. The molecule has 2 heterocycles. The number of ether oxygens (including phenoxy) is 1. The molecule has 0 aliphatic carbocycles. The molecule has 2 aromatic heterocycles. The van der Waals surface area contributed by atoms with Crippen LogP contribution in [0.15, 0.2) is 29.0 Å². The summed E-state index contributed by atoms with van der Waals surface area (Å²) in [6.07, 6.45) is 4.07. The second kappa shape index (κ2) is 4.76. The molecular weight excluding hydrogens is 206 g/mol. The topological polar surface area (TPSA) is 74.2 Å². The van der Waals surface area contributed by atoms with E-state index in [9.17, 15) is 0 Å². The van der Waals surface area contributed by atoms with Crippen LogP contribution in [0, 0.1) is 0 Å². The number of rotatable bonds is 4. The van der Waals surface area contributed by atoms with Crippen LogP contribution < -0.4 is 5.73 Å². The van der Waals surface area contributed by atoms with E-state index in [0.717, 1.165) is 16.9 Å². The van der Waals surface area contributed by atoms with Crippen molar-refractivity contribution in [3.63, 3.8) is 0 Å². The number of hydrogen-bond acceptors (Lipinski definition) is 5. The van der Waals surface area contributed by atoms with Crippen LogP contribution in [-0.4, -0.2) is 23.9 Å². The molecule has 0 bridgehead atoms. The van der Waals surface area contributed by atoms with Gasteiger partial charge in [0.05, 0.1) is 12.2 Å². The average molecular weight is 219 g/mol. The normalized spacial score (nSPS) is 10.6. The Labute approximate surface area is 93.2 Å². The van der Waals surface area contributed by atoms with Gasteiger partial charge in [-0.3, -0.25) is 4.98 Å². The molecule has 5 nitrogen and oxygen atoms in total. The van der Waals surface area contributed by atoms with Gasteiger partial charge in [0.2, 0.25) is 0 Å². The quantitative estimate of drug-likeness (QED) is 0.843. The number of anilines is 1. The van der Waals surface area contributed by atoms with Crippen molar-refractivity contribution in [3.05, 3.63) is 30.3 Å². The summed E-state index contributed by atoms with van der Waals surface area (Å²) >= 11 is 0. The Balaban J connectivity index is 2.35. The van der Waals surface area contributed by atoms with E-state index in [1.807, 2.05) is 12.1 Å². The molecule has 0 unspecified atom stereocenters. The van der Waals surface area contributed by atoms with Gasteiger partial charge in [-0.15, -0.1) is 0 Å². The van der Waals surface area contributed by atoms with E-state index in [0.29, 0.717) is 18.8 Å². The highest BCUT2D eigenvalue weighted by molar-refractivity contribution is 5.75. The van der Waals surface area contributed by atoms with Crippen molar-refractivity contribution >= 4 is 5.82 Å². The lowest BCUT2D eigenvalue weighted by molar-refractivity contribution is 0.193. The number of nitrogens with two attached hydrogens (primary N) is 1. The van der Waals surface area contributed by atoms with Crippen molar-refractivity contribution in [2.45, 2.75) is 6.42 Å². The van der Waals surface area contributed by atoms with Crippen molar-refractivity contribution in [2.24, 2.45) is 0 Å². The molecule has 0 aromatic carbocycles. The Morgan fingerprint density at radius 2 is 2.12 bits per heavy atom. The Morgan fingerprint density at radius 1 is 1.38 bits per heavy atom. The monoisotopic (exact) mass is 219 g/mol. The van der Waals surface area contributed by atoms with Crippen LogP contribution in [0.25, 0.3) is 11.1 Å². The van der Waals surface area contributed by atoms with Gasteiger partial charge in [-0.25, -0.2) is 0 Å². The number of nitrogen functional groups attached to an aromatic ring is 1. The number of aromatic nitrogens is 2. The van der Waals surface area contributed by atoms with Crippen molar-refractivity contribution in [3.8, 4) is 11.1 Å². The summed E-state index contributed by atoms with van der Waals surface area (Å²) < 4.78 is 10.2. The molecule has 2 rings (SSSR count). The second-order valence-electron chi connectivity index (χ2n) is 3.34. The third-order valence-electron chi connectivity index (χ3n) is 2.29. The molecular formula is C11H13N3O2. The number of nitrogens with zero attached hydrogens (tertiary/aromatic N) is 2. The van der Waals surface area contributed by atoms with Gasteiger partial charge < -0.3 is 15.0 Å². The van der Waals surface area contributed by atoms with Crippen molar-refractivity contribution in [1.29, 1.82) is 0 Å². The summed E-state index contributed by atoms with van der Waals surface area (Å²) in [4.78, 5) is 3.96. The molecule has 0 fully saturated rings. The standard InChI is InChI=1S/C11H13N3O2/c1-15-7-4-9-10(11(12)14-16-9)8-2-5-13-6-3-8/h2-3,5-6H,4,7H2,1H3,(H2,12,14). The third kappa shape index (κ3) is 2.04. The van der Waals surface area contributed by atoms with Gasteiger partial charge in [-0.1, -0.05) is 5.16 Å². The summed E-state index contributed by atoms with van der Waals surface area (Å²) in [6, 6.07) is 3.75. The van der Waals surface area contributed by atoms with E-state index in [4.69, 9.17) is 15.0 Å². The zero-order valence-electron chi connectivity index (χ0n) is 9.01. The van der Waals surface area contributed by atoms with Crippen LogP contribution in [0.2, 0.25) is 0 Å². The minimum absolute atomic E-state index is 0.400. The molecule has 0 saturated carbocycles. The fourth-order valence-electron chi connectivity index (χ4n) is 1.53. The first-order chi connectivity index (χ1) is 7.83. The highest BCUT2D eigenvalue weighted by atomic mass is 16.5. The number of pyridine rings is 1. The lowest BCUT2D eigenvalue weighted by Crippen LogP contribution is -1.96. The Hall–Kier alpha value is -1.88. The summed E-state index contributed by atoms with van der Waals surface area (Å²) in [6.45, 7) is 0.576. The molecule has 2 aromatic rings. The Morgan fingerprint density at radius 3 is 2.81 bits per heavy atom. The van der Waals surface area contributed by atoms with E-state index in [1.165, 1.54) is 0 Å². The van der Waals surface area contributed by atoms with E-state index >= 15 is 0 Å². The summed E-state index contributed by atoms with van der Waals surface area (Å²) in [5.74, 6) is 1.14. The second-order valence-corrected chi connectivity index (χ2v) is 3.34. The molecule has 0 radical (unpaired) electrons. The fourth-order valence-corrected chi connectivity index (χ4v) is 1.53. The minimum Gasteiger partial charge on any atom is -0.384 e. The fraction of sp³-hybridized carbons (Fsp3) is 0.273.